The van der Waals surface area contributed by atoms with Gasteiger partial charge in [-0.1, -0.05) is 6.07 Å². The zero-order valence-corrected chi connectivity index (χ0v) is 17.5. The van der Waals surface area contributed by atoms with Crippen molar-refractivity contribution < 1.29 is 14.3 Å². The van der Waals surface area contributed by atoms with E-state index >= 15 is 0 Å². The predicted molar refractivity (Wildman–Crippen MR) is 112 cm³/mol. The first-order chi connectivity index (χ1) is 14.3. The van der Waals surface area contributed by atoms with Gasteiger partial charge in [-0.15, -0.1) is 5.10 Å². The van der Waals surface area contributed by atoms with E-state index in [0.29, 0.717) is 29.5 Å². The second-order valence-corrected chi connectivity index (χ2v) is 6.81. The lowest BCUT2D eigenvalue weighted by molar-refractivity contribution is -0.133. The number of rotatable bonds is 7. The smallest absolute Gasteiger partial charge is 0.254 e. The molecule has 3 N–H and O–H groups in total. The highest BCUT2D eigenvalue weighted by Gasteiger charge is 2.20. The molecule has 2 amide bonds. The summed E-state index contributed by atoms with van der Waals surface area (Å²) in [6.45, 7) is 5.82. The van der Waals surface area contributed by atoms with Crippen LogP contribution in [0.5, 0.6) is 5.75 Å². The second kappa shape index (κ2) is 8.76. The van der Waals surface area contributed by atoms with Gasteiger partial charge in [0.15, 0.2) is 0 Å². The van der Waals surface area contributed by atoms with Gasteiger partial charge in [0.05, 0.1) is 20.1 Å². The van der Waals surface area contributed by atoms with Crippen LogP contribution in [0.2, 0.25) is 0 Å². The molecule has 30 heavy (non-hydrogen) atoms. The van der Waals surface area contributed by atoms with Crippen molar-refractivity contribution in [1.82, 2.24) is 24.5 Å². The van der Waals surface area contributed by atoms with Crippen LogP contribution < -0.4 is 15.8 Å². The summed E-state index contributed by atoms with van der Waals surface area (Å²) in [5, 5.41) is 6.91. The van der Waals surface area contributed by atoms with E-state index in [0.717, 1.165) is 11.3 Å². The average Bonchev–Trinajstić information content (AvgIpc) is 3.09. The number of likely N-dealkylation sites (N-methyl/N-ethyl adjacent to an activating group) is 1. The normalized spacial score (nSPS) is 10.8. The van der Waals surface area contributed by atoms with E-state index in [1.54, 1.807) is 31.4 Å². The minimum absolute atomic E-state index is 0.0589. The Bertz CT molecular complexity index is 1090. The molecule has 0 bridgehead atoms. The fourth-order valence-corrected chi connectivity index (χ4v) is 3.19. The van der Waals surface area contributed by atoms with Gasteiger partial charge < -0.3 is 20.7 Å². The molecule has 158 valence electrons. The van der Waals surface area contributed by atoms with Gasteiger partial charge >= 0.3 is 0 Å². The van der Waals surface area contributed by atoms with Crippen molar-refractivity contribution in [1.29, 1.82) is 0 Å². The third-order valence-corrected chi connectivity index (χ3v) is 4.82. The number of anilines is 2. The molecule has 0 aliphatic heterocycles. The molecule has 3 rings (SSSR count). The number of carbonyl (C=O) groups excluding carboxylic acids is 2. The first kappa shape index (κ1) is 21.0. The maximum Gasteiger partial charge on any atom is 0.254 e. The highest BCUT2D eigenvalue weighted by atomic mass is 16.5. The largest absolute Gasteiger partial charge is 0.497 e. The van der Waals surface area contributed by atoms with E-state index < -0.39 is 0 Å². The molecule has 0 aliphatic rings. The third-order valence-electron chi connectivity index (χ3n) is 4.82. The van der Waals surface area contributed by atoms with Crippen LogP contribution in [0, 0.1) is 13.8 Å². The van der Waals surface area contributed by atoms with Gasteiger partial charge in [0.25, 0.3) is 5.78 Å². The van der Waals surface area contributed by atoms with E-state index in [-0.39, 0.29) is 30.7 Å². The minimum atomic E-state index is -0.287. The summed E-state index contributed by atoms with van der Waals surface area (Å²) in [6.07, 6.45) is 0.0979. The summed E-state index contributed by atoms with van der Waals surface area (Å²) in [7, 11) is 1.56. The number of nitrogens with two attached hydrogens (primary N) is 1. The molecule has 0 radical (unpaired) electrons. The molecule has 0 atom stereocenters. The average molecular weight is 411 g/mol. The van der Waals surface area contributed by atoms with E-state index in [1.807, 2.05) is 20.8 Å². The maximum absolute atomic E-state index is 12.9. The first-order valence-corrected chi connectivity index (χ1v) is 9.52. The van der Waals surface area contributed by atoms with Gasteiger partial charge in [-0.3, -0.25) is 9.59 Å². The molecule has 2 heterocycles. The number of hydrogen-bond acceptors (Lipinski definition) is 7. The topological polar surface area (TPSA) is 128 Å². The van der Waals surface area contributed by atoms with E-state index in [4.69, 9.17) is 10.5 Å². The maximum atomic E-state index is 12.9. The number of amides is 2. The Balaban J connectivity index is 1.71. The molecule has 1 aromatic carbocycles. The summed E-state index contributed by atoms with van der Waals surface area (Å²) in [5.74, 6) is 0.684. The molecule has 0 fully saturated rings. The number of nitrogens with one attached hydrogen (secondary N) is 1. The molecular weight excluding hydrogens is 386 g/mol. The van der Waals surface area contributed by atoms with Crippen molar-refractivity contribution in [2.24, 2.45) is 0 Å². The Labute approximate surface area is 174 Å². The number of aryl methyl sites for hydroxylation is 2. The van der Waals surface area contributed by atoms with Crippen molar-refractivity contribution in [3.05, 3.63) is 41.2 Å². The molecule has 0 spiro atoms. The number of fused-ring (bicyclic) bond motifs is 1. The number of hydrogen-bond donors (Lipinski definition) is 2. The standard InChI is InChI=1S/C20H25N7O3/c1-5-26(11-17(28)23-14-7-6-8-15(9-14)30-4)18(29)10-16-12(2)22-20-24-19(21)25-27(20)13(16)3/h6-9H,5,10-11H2,1-4H3,(H2,21,25)(H,23,28). The van der Waals surface area contributed by atoms with Gasteiger partial charge in [0, 0.05) is 35.2 Å². The Hall–Kier alpha value is -3.69. The number of ether oxygens (including phenoxy) is 1. The second-order valence-electron chi connectivity index (χ2n) is 6.81. The van der Waals surface area contributed by atoms with Crippen LogP contribution in [0.4, 0.5) is 11.6 Å². The Morgan fingerprint density at radius 2 is 2.03 bits per heavy atom. The van der Waals surface area contributed by atoms with Crippen molar-refractivity contribution in [3.63, 3.8) is 0 Å². The molecular formula is C20H25N7O3. The Kier molecular flexibility index (Phi) is 6.14. The lowest BCUT2D eigenvalue weighted by Crippen LogP contribution is -2.39. The molecule has 2 aromatic heterocycles. The summed E-state index contributed by atoms with van der Waals surface area (Å²) in [5.41, 5.74) is 8.42. The quantitative estimate of drug-likeness (QED) is 0.601. The Morgan fingerprint density at radius 3 is 2.73 bits per heavy atom. The van der Waals surface area contributed by atoms with Crippen molar-refractivity contribution in [3.8, 4) is 5.75 Å². The first-order valence-electron chi connectivity index (χ1n) is 9.52. The van der Waals surface area contributed by atoms with Crippen LogP contribution in [0.1, 0.15) is 23.9 Å². The van der Waals surface area contributed by atoms with Crippen LogP contribution in [-0.4, -0.2) is 56.5 Å². The molecule has 0 saturated heterocycles. The number of carbonyl (C=O) groups is 2. The van der Waals surface area contributed by atoms with Crippen LogP contribution in [0.15, 0.2) is 24.3 Å². The van der Waals surface area contributed by atoms with Crippen molar-refractivity contribution in [2.75, 3.05) is 31.2 Å². The lowest BCUT2D eigenvalue weighted by Gasteiger charge is -2.21. The number of nitrogen functional groups attached to an aromatic ring is 1. The summed E-state index contributed by atoms with van der Waals surface area (Å²) < 4.78 is 6.68. The van der Waals surface area contributed by atoms with Crippen molar-refractivity contribution in [2.45, 2.75) is 27.2 Å². The number of aromatic nitrogens is 4. The summed E-state index contributed by atoms with van der Waals surface area (Å²) in [4.78, 5) is 35.3. The van der Waals surface area contributed by atoms with E-state index in [9.17, 15) is 9.59 Å². The van der Waals surface area contributed by atoms with Crippen LogP contribution >= 0.6 is 0 Å². The highest BCUT2D eigenvalue weighted by molar-refractivity contribution is 5.95. The zero-order chi connectivity index (χ0) is 21.8. The predicted octanol–water partition coefficient (Wildman–Crippen LogP) is 1.36. The molecule has 0 unspecified atom stereocenters. The van der Waals surface area contributed by atoms with Gasteiger partial charge in [0.2, 0.25) is 17.8 Å². The minimum Gasteiger partial charge on any atom is -0.497 e. The van der Waals surface area contributed by atoms with Gasteiger partial charge in [0.1, 0.15) is 5.75 Å². The van der Waals surface area contributed by atoms with Gasteiger partial charge in [-0.25, -0.2) is 4.98 Å². The molecule has 0 saturated carbocycles. The van der Waals surface area contributed by atoms with E-state index in [1.165, 1.54) is 9.42 Å². The van der Waals surface area contributed by atoms with Gasteiger partial charge in [-0.05, 0) is 32.9 Å². The Morgan fingerprint density at radius 1 is 1.27 bits per heavy atom. The molecule has 0 aliphatic carbocycles. The molecule has 3 aromatic rings. The summed E-state index contributed by atoms with van der Waals surface area (Å²) in [6, 6.07) is 7.04. The van der Waals surface area contributed by atoms with Crippen LogP contribution in [0.3, 0.4) is 0 Å². The number of benzene rings is 1. The fourth-order valence-electron chi connectivity index (χ4n) is 3.19. The van der Waals surface area contributed by atoms with Crippen LogP contribution in [-0.2, 0) is 16.0 Å². The highest BCUT2D eigenvalue weighted by Crippen LogP contribution is 2.18. The van der Waals surface area contributed by atoms with E-state index in [2.05, 4.69) is 20.4 Å². The monoisotopic (exact) mass is 411 g/mol. The summed E-state index contributed by atoms with van der Waals surface area (Å²) >= 11 is 0. The lowest BCUT2D eigenvalue weighted by atomic mass is 10.1. The third kappa shape index (κ3) is 4.48. The number of methoxy groups -OCH3 is 1. The SMILES string of the molecule is CCN(CC(=O)Nc1cccc(OC)c1)C(=O)Cc1c(C)nc2nc(N)nn2c1C. The molecule has 10 heteroatoms. The van der Waals surface area contributed by atoms with Gasteiger partial charge in [-0.2, -0.15) is 9.50 Å². The zero-order valence-electron chi connectivity index (χ0n) is 17.5. The number of nitrogens with zero attached hydrogens (tertiary/aromatic N) is 5. The fraction of sp³-hybridized carbons (Fsp3) is 0.350. The van der Waals surface area contributed by atoms with Crippen molar-refractivity contribution >= 4 is 29.2 Å². The molecule has 10 nitrogen and oxygen atoms in total. The van der Waals surface area contributed by atoms with Crippen LogP contribution in [0.25, 0.3) is 5.78 Å².